The van der Waals surface area contributed by atoms with Crippen LogP contribution in [0.15, 0.2) is 18.2 Å². The third-order valence-electron chi connectivity index (χ3n) is 3.79. The Morgan fingerprint density at radius 1 is 1.06 bits per heavy atom. The van der Waals surface area contributed by atoms with E-state index < -0.39 is 7.12 Å². The lowest BCUT2D eigenvalue weighted by molar-refractivity contribution is 0.00578. The zero-order valence-electron chi connectivity index (χ0n) is 11.1. The second-order valence-electron chi connectivity index (χ2n) is 5.60. The van der Waals surface area contributed by atoms with Crippen molar-refractivity contribution in [3.63, 3.8) is 0 Å². The van der Waals surface area contributed by atoms with E-state index in [4.69, 9.17) is 9.31 Å². The van der Waals surface area contributed by atoms with Crippen molar-refractivity contribution in [3.05, 3.63) is 23.8 Å². The molecule has 1 aromatic carbocycles. The standard InChI is InChI=1S/C13H19BO3/c1-9-7-6-8-10(15)11(9)14-16-12(2,3)13(4,5)17-14/h6-8,15H,1-5H3. The molecule has 3 nitrogen and oxygen atoms in total. The van der Waals surface area contributed by atoms with E-state index in [1.165, 1.54) is 0 Å². The smallest absolute Gasteiger partial charge is 0.498 e. The molecule has 1 aliphatic heterocycles. The van der Waals surface area contributed by atoms with E-state index in [1.54, 1.807) is 6.07 Å². The van der Waals surface area contributed by atoms with Crippen LogP contribution < -0.4 is 5.46 Å². The Balaban J connectivity index is 2.39. The van der Waals surface area contributed by atoms with Gasteiger partial charge in [-0.1, -0.05) is 12.1 Å². The van der Waals surface area contributed by atoms with E-state index in [2.05, 4.69) is 0 Å². The van der Waals surface area contributed by atoms with Gasteiger partial charge >= 0.3 is 7.12 Å². The van der Waals surface area contributed by atoms with Crippen molar-refractivity contribution in [1.82, 2.24) is 0 Å². The van der Waals surface area contributed by atoms with Gasteiger partial charge in [-0.15, -0.1) is 0 Å². The van der Waals surface area contributed by atoms with Crippen LogP contribution >= 0.6 is 0 Å². The zero-order chi connectivity index (χ0) is 12.8. The number of aryl methyl sites for hydroxylation is 1. The first kappa shape index (κ1) is 12.5. The molecule has 0 aromatic heterocycles. The van der Waals surface area contributed by atoms with E-state index in [1.807, 2.05) is 46.8 Å². The van der Waals surface area contributed by atoms with Crippen LogP contribution in [0.25, 0.3) is 0 Å². The van der Waals surface area contributed by atoms with Crippen molar-refractivity contribution in [1.29, 1.82) is 0 Å². The van der Waals surface area contributed by atoms with Gasteiger partial charge in [0.2, 0.25) is 0 Å². The summed E-state index contributed by atoms with van der Waals surface area (Å²) in [5, 5.41) is 9.93. The summed E-state index contributed by atoms with van der Waals surface area (Å²) in [5.41, 5.74) is 0.938. The van der Waals surface area contributed by atoms with Crippen LogP contribution in [-0.4, -0.2) is 23.4 Å². The van der Waals surface area contributed by atoms with Gasteiger partial charge in [0.1, 0.15) is 5.75 Å². The Bertz CT molecular complexity index is 404. The monoisotopic (exact) mass is 234 g/mol. The molecule has 1 fully saturated rings. The van der Waals surface area contributed by atoms with Gasteiger partial charge in [-0.25, -0.2) is 0 Å². The number of phenols is 1. The van der Waals surface area contributed by atoms with Crippen LogP contribution in [-0.2, 0) is 9.31 Å². The van der Waals surface area contributed by atoms with Gasteiger partial charge in [0.05, 0.1) is 11.2 Å². The van der Waals surface area contributed by atoms with Gasteiger partial charge in [-0.2, -0.15) is 0 Å². The van der Waals surface area contributed by atoms with Crippen molar-refractivity contribution < 1.29 is 14.4 Å². The molecular formula is C13H19BO3. The SMILES string of the molecule is Cc1cccc(O)c1B1OC(C)(C)C(C)(C)O1. The lowest BCUT2D eigenvalue weighted by atomic mass is 9.75. The third-order valence-corrected chi connectivity index (χ3v) is 3.79. The topological polar surface area (TPSA) is 38.7 Å². The summed E-state index contributed by atoms with van der Waals surface area (Å²) in [6, 6.07) is 5.42. The summed E-state index contributed by atoms with van der Waals surface area (Å²) in [5.74, 6) is 0.225. The van der Waals surface area contributed by atoms with Crippen molar-refractivity contribution >= 4 is 12.6 Å². The predicted octanol–water partition coefficient (Wildman–Crippen LogP) is 2.00. The van der Waals surface area contributed by atoms with Gasteiger partial charge < -0.3 is 14.4 Å². The first-order valence-electron chi connectivity index (χ1n) is 5.89. The van der Waals surface area contributed by atoms with Crippen LogP contribution in [0.3, 0.4) is 0 Å². The molecule has 0 atom stereocenters. The van der Waals surface area contributed by atoms with Crippen molar-refractivity contribution in [2.45, 2.75) is 45.8 Å². The highest BCUT2D eigenvalue weighted by Gasteiger charge is 2.52. The Hall–Kier alpha value is -0.995. The molecule has 1 aromatic rings. The minimum atomic E-state index is -0.499. The van der Waals surface area contributed by atoms with Crippen molar-refractivity contribution in [2.75, 3.05) is 0 Å². The first-order valence-corrected chi connectivity index (χ1v) is 5.89. The zero-order valence-corrected chi connectivity index (χ0v) is 11.1. The molecule has 92 valence electrons. The molecule has 0 spiro atoms. The molecule has 1 heterocycles. The molecule has 1 N–H and O–H groups in total. The van der Waals surface area contributed by atoms with E-state index in [-0.39, 0.29) is 17.0 Å². The molecule has 0 unspecified atom stereocenters. The summed E-state index contributed by atoms with van der Waals surface area (Å²) >= 11 is 0. The van der Waals surface area contributed by atoms with Crippen LogP contribution in [0.2, 0.25) is 0 Å². The molecule has 0 bridgehead atoms. The molecule has 0 amide bonds. The fourth-order valence-corrected chi connectivity index (χ4v) is 1.93. The van der Waals surface area contributed by atoms with E-state index >= 15 is 0 Å². The Morgan fingerprint density at radius 3 is 2.06 bits per heavy atom. The van der Waals surface area contributed by atoms with Crippen LogP contribution in [0.4, 0.5) is 0 Å². The van der Waals surface area contributed by atoms with E-state index in [9.17, 15) is 5.11 Å². The molecule has 2 rings (SSSR count). The fraction of sp³-hybridized carbons (Fsp3) is 0.538. The number of phenolic OH excluding ortho intramolecular Hbond substituents is 1. The quantitative estimate of drug-likeness (QED) is 0.755. The van der Waals surface area contributed by atoms with Crippen LogP contribution in [0.5, 0.6) is 5.75 Å². The second kappa shape index (κ2) is 3.75. The summed E-state index contributed by atoms with van der Waals surface area (Å²) in [6.45, 7) is 9.95. The average molecular weight is 234 g/mol. The molecule has 0 saturated carbocycles. The maximum Gasteiger partial charge on any atom is 0.498 e. The highest BCUT2D eigenvalue weighted by molar-refractivity contribution is 6.63. The number of hydrogen-bond acceptors (Lipinski definition) is 3. The lowest BCUT2D eigenvalue weighted by Crippen LogP contribution is -2.41. The highest BCUT2D eigenvalue weighted by Crippen LogP contribution is 2.37. The average Bonchev–Trinajstić information content (AvgIpc) is 2.35. The maximum absolute atomic E-state index is 9.93. The highest BCUT2D eigenvalue weighted by atomic mass is 16.7. The maximum atomic E-state index is 9.93. The number of hydrogen-bond donors (Lipinski definition) is 1. The minimum Gasteiger partial charge on any atom is -0.508 e. The lowest BCUT2D eigenvalue weighted by Gasteiger charge is -2.32. The minimum absolute atomic E-state index is 0.225. The van der Waals surface area contributed by atoms with Gasteiger partial charge in [0.25, 0.3) is 0 Å². The van der Waals surface area contributed by atoms with Crippen molar-refractivity contribution in [3.8, 4) is 5.75 Å². The fourth-order valence-electron chi connectivity index (χ4n) is 1.93. The Morgan fingerprint density at radius 2 is 1.59 bits per heavy atom. The Labute approximate surface area is 103 Å². The molecule has 0 radical (unpaired) electrons. The van der Waals surface area contributed by atoms with Crippen LogP contribution in [0, 0.1) is 6.92 Å². The van der Waals surface area contributed by atoms with Crippen molar-refractivity contribution in [2.24, 2.45) is 0 Å². The summed E-state index contributed by atoms with van der Waals surface area (Å²) in [6.07, 6.45) is 0. The second-order valence-corrected chi connectivity index (χ2v) is 5.60. The number of benzene rings is 1. The van der Waals surface area contributed by atoms with E-state index in [0.717, 1.165) is 11.0 Å². The molecule has 0 aliphatic carbocycles. The molecule has 1 saturated heterocycles. The third kappa shape index (κ3) is 1.96. The van der Waals surface area contributed by atoms with Crippen LogP contribution in [0.1, 0.15) is 33.3 Å². The largest absolute Gasteiger partial charge is 0.508 e. The normalized spacial score (nSPS) is 21.8. The van der Waals surface area contributed by atoms with Gasteiger partial charge in [0.15, 0.2) is 0 Å². The molecule has 4 heteroatoms. The summed E-state index contributed by atoms with van der Waals surface area (Å²) in [4.78, 5) is 0. The van der Waals surface area contributed by atoms with Gasteiger partial charge in [-0.3, -0.25) is 0 Å². The summed E-state index contributed by atoms with van der Waals surface area (Å²) < 4.78 is 11.9. The number of aromatic hydroxyl groups is 1. The first-order chi connectivity index (χ1) is 7.74. The van der Waals surface area contributed by atoms with E-state index in [0.29, 0.717) is 0 Å². The molecule has 1 aliphatic rings. The molecule has 17 heavy (non-hydrogen) atoms. The van der Waals surface area contributed by atoms with Gasteiger partial charge in [0, 0.05) is 5.46 Å². The summed E-state index contributed by atoms with van der Waals surface area (Å²) in [7, 11) is -0.499. The number of rotatable bonds is 1. The van der Waals surface area contributed by atoms with Gasteiger partial charge in [-0.05, 0) is 46.2 Å². The Kier molecular flexibility index (Phi) is 2.75. The predicted molar refractivity (Wildman–Crippen MR) is 68.6 cm³/mol. The molecular weight excluding hydrogens is 215 g/mol.